The topological polar surface area (TPSA) is 74.7 Å². The standard InChI is InChI=1S/C15H18N4O/c1-11-6-5-8-13(15(16)18-20)14(11)19(2)10-12-7-3-4-9-17-12/h3-9,20H,10H2,1-2H3,(H2,16,18). The van der Waals surface area contributed by atoms with Crippen LogP contribution in [0.2, 0.25) is 0 Å². The summed E-state index contributed by atoms with van der Waals surface area (Å²) < 4.78 is 0. The maximum Gasteiger partial charge on any atom is 0.172 e. The van der Waals surface area contributed by atoms with E-state index < -0.39 is 0 Å². The van der Waals surface area contributed by atoms with Crippen molar-refractivity contribution < 1.29 is 5.21 Å². The third kappa shape index (κ3) is 2.88. The SMILES string of the molecule is Cc1cccc(/C(N)=N/O)c1N(C)Cc1ccccn1. The lowest BCUT2D eigenvalue weighted by Gasteiger charge is -2.23. The minimum Gasteiger partial charge on any atom is -0.409 e. The van der Waals surface area contributed by atoms with E-state index in [4.69, 9.17) is 10.9 Å². The Morgan fingerprint density at radius 2 is 2.10 bits per heavy atom. The predicted molar refractivity (Wildman–Crippen MR) is 80.0 cm³/mol. The molecule has 0 aliphatic rings. The summed E-state index contributed by atoms with van der Waals surface area (Å²) in [4.78, 5) is 6.36. The van der Waals surface area contributed by atoms with Gasteiger partial charge >= 0.3 is 0 Å². The zero-order valence-corrected chi connectivity index (χ0v) is 11.6. The van der Waals surface area contributed by atoms with Gasteiger partial charge in [-0.1, -0.05) is 23.4 Å². The van der Waals surface area contributed by atoms with Gasteiger partial charge in [-0.25, -0.2) is 0 Å². The minimum atomic E-state index is 0.108. The highest BCUT2D eigenvalue weighted by molar-refractivity contribution is 6.02. The number of hydrogen-bond donors (Lipinski definition) is 2. The Labute approximate surface area is 118 Å². The summed E-state index contributed by atoms with van der Waals surface area (Å²) in [7, 11) is 1.96. The first-order chi connectivity index (χ1) is 9.63. The minimum absolute atomic E-state index is 0.108. The van der Waals surface area contributed by atoms with Crippen LogP contribution in [0.1, 0.15) is 16.8 Å². The molecule has 2 rings (SSSR count). The molecule has 0 bridgehead atoms. The molecule has 5 nitrogen and oxygen atoms in total. The van der Waals surface area contributed by atoms with Crippen molar-refractivity contribution >= 4 is 11.5 Å². The van der Waals surface area contributed by atoms with E-state index in [0.717, 1.165) is 16.9 Å². The van der Waals surface area contributed by atoms with Crippen molar-refractivity contribution in [2.24, 2.45) is 10.9 Å². The van der Waals surface area contributed by atoms with E-state index in [1.54, 1.807) is 6.20 Å². The number of nitrogens with two attached hydrogens (primary N) is 1. The van der Waals surface area contributed by atoms with Gasteiger partial charge in [0.2, 0.25) is 0 Å². The van der Waals surface area contributed by atoms with Crippen molar-refractivity contribution in [2.45, 2.75) is 13.5 Å². The summed E-state index contributed by atoms with van der Waals surface area (Å²) in [5, 5.41) is 12.0. The number of aromatic nitrogens is 1. The molecule has 0 saturated carbocycles. The molecule has 1 aromatic carbocycles. The Kier molecular flexibility index (Phi) is 4.20. The molecule has 2 aromatic rings. The lowest BCUT2D eigenvalue weighted by Crippen LogP contribution is -2.24. The molecule has 0 spiro atoms. The van der Waals surface area contributed by atoms with Gasteiger partial charge in [-0.05, 0) is 30.7 Å². The quantitative estimate of drug-likeness (QED) is 0.386. The summed E-state index contributed by atoms with van der Waals surface area (Å²) >= 11 is 0. The smallest absolute Gasteiger partial charge is 0.172 e. The Bertz CT molecular complexity index is 611. The fourth-order valence-electron chi connectivity index (χ4n) is 2.24. The highest BCUT2D eigenvalue weighted by atomic mass is 16.4. The van der Waals surface area contributed by atoms with Crippen LogP contribution >= 0.6 is 0 Å². The van der Waals surface area contributed by atoms with Gasteiger partial charge in [0.05, 0.1) is 17.9 Å². The molecule has 0 unspecified atom stereocenters. The van der Waals surface area contributed by atoms with Crippen LogP contribution in [0.15, 0.2) is 47.8 Å². The first-order valence-corrected chi connectivity index (χ1v) is 6.32. The maximum absolute atomic E-state index is 8.91. The third-order valence-corrected chi connectivity index (χ3v) is 3.13. The zero-order valence-electron chi connectivity index (χ0n) is 11.6. The number of pyridine rings is 1. The molecule has 1 aromatic heterocycles. The number of aryl methyl sites for hydroxylation is 1. The summed E-state index contributed by atoms with van der Waals surface area (Å²) in [6.07, 6.45) is 1.77. The molecule has 0 aliphatic carbocycles. The number of hydrogen-bond acceptors (Lipinski definition) is 4. The van der Waals surface area contributed by atoms with Crippen LogP contribution in [0.3, 0.4) is 0 Å². The number of rotatable bonds is 4. The maximum atomic E-state index is 8.91. The van der Waals surface area contributed by atoms with Crippen LogP contribution in [-0.2, 0) is 6.54 Å². The van der Waals surface area contributed by atoms with Crippen LogP contribution in [0, 0.1) is 6.92 Å². The van der Waals surface area contributed by atoms with Gasteiger partial charge in [-0.2, -0.15) is 0 Å². The number of para-hydroxylation sites is 1. The molecule has 104 valence electrons. The molecular formula is C15H18N4O. The van der Waals surface area contributed by atoms with Gasteiger partial charge in [-0.15, -0.1) is 0 Å². The first kappa shape index (κ1) is 13.9. The first-order valence-electron chi connectivity index (χ1n) is 6.32. The molecule has 0 fully saturated rings. The van der Waals surface area contributed by atoms with Gasteiger partial charge in [0.25, 0.3) is 0 Å². The average Bonchev–Trinajstić information content (AvgIpc) is 2.47. The summed E-state index contributed by atoms with van der Waals surface area (Å²) in [5.74, 6) is 0.108. The average molecular weight is 270 g/mol. The lowest BCUT2D eigenvalue weighted by molar-refractivity contribution is 0.318. The second kappa shape index (κ2) is 6.06. The van der Waals surface area contributed by atoms with Crippen LogP contribution in [0.4, 0.5) is 5.69 Å². The third-order valence-electron chi connectivity index (χ3n) is 3.13. The van der Waals surface area contributed by atoms with E-state index in [1.807, 2.05) is 55.3 Å². The van der Waals surface area contributed by atoms with Crippen molar-refractivity contribution in [3.05, 3.63) is 59.4 Å². The number of anilines is 1. The van der Waals surface area contributed by atoms with Crippen LogP contribution in [-0.4, -0.2) is 23.1 Å². The fourth-order valence-corrected chi connectivity index (χ4v) is 2.24. The van der Waals surface area contributed by atoms with E-state index in [2.05, 4.69) is 10.1 Å². The summed E-state index contributed by atoms with van der Waals surface area (Å²) in [6.45, 7) is 2.65. The van der Waals surface area contributed by atoms with Gasteiger partial charge < -0.3 is 15.8 Å². The van der Waals surface area contributed by atoms with E-state index in [0.29, 0.717) is 12.1 Å². The fraction of sp³-hybridized carbons (Fsp3) is 0.200. The molecule has 3 N–H and O–H groups in total. The monoisotopic (exact) mass is 270 g/mol. The molecule has 20 heavy (non-hydrogen) atoms. The molecule has 0 amide bonds. The summed E-state index contributed by atoms with van der Waals surface area (Å²) in [6, 6.07) is 11.5. The Morgan fingerprint density at radius 1 is 1.30 bits per heavy atom. The van der Waals surface area contributed by atoms with E-state index in [1.165, 1.54) is 0 Å². The van der Waals surface area contributed by atoms with Crippen molar-refractivity contribution in [2.75, 3.05) is 11.9 Å². The van der Waals surface area contributed by atoms with Crippen LogP contribution in [0.25, 0.3) is 0 Å². The van der Waals surface area contributed by atoms with Crippen molar-refractivity contribution in [1.29, 1.82) is 0 Å². The van der Waals surface area contributed by atoms with Crippen molar-refractivity contribution in [1.82, 2.24) is 4.98 Å². The molecule has 0 atom stereocenters. The summed E-state index contributed by atoms with van der Waals surface area (Å²) in [5.41, 5.74) is 9.43. The highest BCUT2D eigenvalue weighted by Crippen LogP contribution is 2.25. The molecule has 0 aliphatic heterocycles. The van der Waals surface area contributed by atoms with Crippen LogP contribution < -0.4 is 10.6 Å². The van der Waals surface area contributed by atoms with E-state index >= 15 is 0 Å². The molecule has 5 heteroatoms. The van der Waals surface area contributed by atoms with E-state index in [9.17, 15) is 0 Å². The molecule has 0 saturated heterocycles. The number of amidine groups is 1. The van der Waals surface area contributed by atoms with Gasteiger partial charge in [0.15, 0.2) is 5.84 Å². The second-order valence-electron chi connectivity index (χ2n) is 4.63. The molecule has 0 radical (unpaired) electrons. The lowest BCUT2D eigenvalue weighted by atomic mass is 10.1. The van der Waals surface area contributed by atoms with E-state index in [-0.39, 0.29) is 5.84 Å². The Morgan fingerprint density at radius 3 is 2.75 bits per heavy atom. The van der Waals surface area contributed by atoms with Crippen molar-refractivity contribution in [3.63, 3.8) is 0 Å². The normalized spacial score (nSPS) is 11.4. The Hall–Kier alpha value is -2.56. The number of oxime groups is 1. The highest BCUT2D eigenvalue weighted by Gasteiger charge is 2.14. The van der Waals surface area contributed by atoms with Gasteiger partial charge in [0, 0.05) is 18.8 Å². The number of benzene rings is 1. The van der Waals surface area contributed by atoms with Gasteiger partial charge in [0.1, 0.15) is 0 Å². The Balaban J connectivity index is 2.36. The van der Waals surface area contributed by atoms with Crippen molar-refractivity contribution in [3.8, 4) is 0 Å². The van der Waals surface area contributed by atoms with Crippen LogP contribution in [0.5, 0.6) is 0 Å². The second-order valence-corrected chi connectivity index (χ2v) is 4.63. The largest absolute Gasteiger partial charge is 0.409 e. The predicted octanol–water partition coefficient (Wildman–Crippen LogP) is 2.12. The number of nitrogens with zero attached hydrogens (tertiary/aromatic N) is 3. The zero-order chi connectivity index (χ0) is 14.5. The molecule has 1 heterocycles. The molecular weight excluding hydrogens is 252 g/mol. The van der Waals surface area contributed by atoms with Gasteiger partial charge in [-0.3, -0.25) is 4.98 Å².